The van der Waals surface area contributed by atoms with Crippen LogP contribution in [-0.4, -0.2) is 50.7 Å². The summed E-state index contributed by atoms with van der Waals surface area (Å²) >= 11 is 0. The highest BCUT2D eigenvalue weighted by Crippen LogP contribution is 2.17. The van der Waals surface area contributed by atoms with Crippen molar-refractivity contribution >= 4 is 39.9 Å². The molecule has 0 radical (unpaired) electrons. The first-order valence-corrected chi connectivity index (χ1v) is 8.93. The standard InChI is InChI=1S/C15H24N4O4S.ClH/c1-11(16)8-9-17-15(21)10-19(3)24(22,23)14-6-4-13(5-7-14)18-12(2)20;/h4-7,11H,8-10,16H2,1-3H3,(H,17,21)(H,18,20);1H. The summed E-state index contributed by atoms with van der Waals surface area (Å²) in [7, 11) is -2.45. The highest BCUT2D eigenvalue weighted by atomic mass is 35.5. The number of halogens is 1. The molecule has 1 rings (SSSR count). The molecule has 0 aliphatic rings. The minimum absolute atomic E-state index is 0. The highest BCUT2D eigenvalue weighted by Gasteiger charge is 2.22. The van der Waals surface area contributed by atoms with E-state index in [4.69, 9.17) is 5.73 Å². The summed E-state index contributed by atoms with van der Waals surface area (Å²) in [5.74, 6) is -0.636. The van der Waals surface area contributed by atoms with Crippen molar-refractivity contribution in [3.05, 3.63) is 24.3 Å². The van der Waals surface area contributed by atoms with Crippen LogP contribution in [0.5, 0.6) is 0 Å². The molecule has 0 heterocycles. The molecule has 8 nitrogen and oxygen atoms in total. The van der Waals surface area contributed by atoms with Gasteiger partial charge in [-0.1, -0.05) is 0 Å². The number of hydrogen-bond acceptors (Lipinski definition) is 5. The van der Waals surface area contributed by atoms with Crippen molar-refractivity contribution in [2.75, 3.05) is 25.5 Å². The Labute approximate surface area is 154 Å². The molecule has 0 saturated carbocycles. The maximum atomic E-state index is 12.4. The van der Waals surface area contributed by atoms with Crippen LogP contribution in [0, 0.1) is 0 Å². The van der Waals surface area contributed by atoms with Crippen LogP contribution in [-0.2, 0) is 19.6 Å². The van der Waals surface area contributed by atoms with E-state index in [1.165, 1.54) is 38.2 Å². The molecule has 0 fully saturated rings. The van der Waals surface area contributed by atoms with E-state index in [1.807, 2.05) is 6.92 Å². The Bertz CT molecular complexity index is 677. The lowest BCUT2D eigenvalue weighted by molar-refractivity contribution is -0.121. The van der Waals surface area contributed by atoms with Crippen molar-refractivity contribution in [3.63, 3.8) is 0 Å². The fourth-order valence-corrected chi connectivity index (χ4v) is 3.00. The number of nitrogens with one attached hydrogen (secondary N) is 2. The summed E-state index contributed by atoms with van der Waals surface area (Å²) in [6.45, 7) is 3.31. The molecular formula is C15H25ClN4O4S. The minimum atomic E-state index is -3.79. The normalized spacial score (nSPS) is 12.2. The number of carbonyl (C=O) groups excluding carboxylic acids is 2. The molecule has 1 atom stereocenters. The molecule has 4 N–H and O–H groups in total. The molecule has 0 aromatic heterocycles. The molecular weight excluding hydrogens is 368 g/mol. The van der Waals surface area contributed by atoms with Gasteiger partial charge in [0, 0.05) is 32.2 Å². The Morgan fingerprint density at radius 1 is 1.24 bits per heavy atom. The molecule has 10 heteroatoms. The monoisotopic (exact) mass is 392 g/mol. The zero-order valence-corrected chi connectivity index (χ0v) is 16.1. The van der Waals surface area contributed by atoms with Crippen LogP contribution in [0.4, 0.5) is 5.69 Å². The first-order valence-electron chi connectivity index (χ1n) is 7.49. The van der Waals surface area contributed by atoms with Gasteiger partial charge < -0.3 is 16.4 Å². The average molecular weight is 393 g/mol. The number of sulfonamides is 1. The number of amides is 2. The molecule has 2 amide bonds. The van der Waals surface area contributed by atoms with E-state index < -0.39 is 15.9 Å². The van der Waals surface area contributed by atoms with Crippen LogP contribution in [0.15, 0.2) is 29.2 Å². The van der Waals surface area contributed by atoms with Gasteiger partial charge in [-0.15, -0.1) is 12.4 Å². The predicted octanol–water partition coefficient (Wildman–Crippen LogP) is 0.541. The van der Waals surface area contributed by atoms with Gasteiger partial charge >= 0.3 is 0 Å². The Morgan fingerprint density at radius 3 is 2.28 bits per heavy atom. The second-order valence-corrected chi connectivity index (χ2v) is 7.63. The summed E-state index contributed by atoms with van der Waals surface area (Å²) in [6.07, 6.45) is 0.618. The second kappa shape index (κ2) is 10.3. The zero-order valence-electron chi connectivity index (χ0n) is 14.5. The summed E-state index contributed by atoms with van der Waals surface area (Å²) in [4.78, 5) is 22.8. The van der Waals surface area contributed by atoms with E-state index >= 15 is 0 Å². The van der Waals surface area contributed by atoms with Crippen molar-refractivity contribution in [3.8, 4) is 0 Å². The molecule has 1 aromatic rings. The van der Waals surface area contributed by atoms with Gasteiger partial charge in [-0.25, -0.2) is 8.42 Å². The second-order valence-electron chi connectivity index (χ2n) is 5.58. The van der Waals surface area contributed by atoms with Crippen LogP contribution in [0.1, 0.15) is 20.3 Å². The number of rotatable bonds is 8. The van der Waals surface area contributed by atoms with E-state index in [2.05, 4.69) is 10.6 Å². The SMILES string of the molecule is CC(=O)Nc1ccc(S(=O)(=O)N(C)CC(=O)NCCC(C)N)cc1.Cl. The Morgan fingerprint density at radius 2 is 1.80 bits per heavy atom. The van der Waals surface area contributed by atoms with E-state index in [-0.39, 0.29) is 35.8 Å². The Kier molecular flexibility index (Phi) is 9.65. The van der Waals surface area contributed by atoms with Gasteiger partial charge in [-0.05, 0) is 37.6 Å². The van der Waals surface area contributed by atoms with E-state index in [9.17, 15) is 18.0 Å². The highest BCUT2D eigenvalue weighted by molar-refractivity contribution is 7.89. The van der Waals surface area contributed by atoms with Crippen molar-refractivity contribution in [1.82, 2.24) is 9.62 Å². The van der Waals surface area contributed by atoms with Gasteiger partial charge in [0.1, 0.15) is 0 Å². The van der Waals surface area contributed by atoms with Crippen LogP contribution in [0.25, 0.3) is 0 Å². The van der Waals surface area contributed by atoms with Crippen molar-refractivity contribution < 1.29 is 18.0 Å². The minimum Gasteiger partial charge on any atom is -0.355 e. The smallest absolute Gasteiger partial charge is 0.243 e. The van der Waals surface area contributed by atoms with Crippen molar-refractivity contribution in [1.29, 1.82) is 0 Å². The van der Waals surface area contributed by atoms with E-state index in [1.54, 1.807) is 0 Å². The number of benzene rings is 1. The topological polar surface area (TPSA) is 122 Å². The molecule has 1 aromatic carbocycles. The van der Waals surface area contributed by atoms with Gasteiger partial charge in [0.25, 0.3) is 0 Å². The summed E-state index contributed by atoms with van der Waals surface area (Å²) in [5, 5.41) is 5.18. The van der Waals surface area contributed by atoms with Crippen molar-refractivity contribution in [2.24, 2.45) is 5.73 Å². The number of anilines is 1. The number of carbonyl (C=O) groups is 2. The molecule has 0 aliphatic carbocycles. The largest absolute Gasteiger partial charge is 0.355 e. The lowest BCUT2D eigenvalue weighted by atomic mass is 10.2. The van der Waals surface area contributed by atoms with E-state index in [0.717, 1.165) is 4.31 Å². The first kappa shape index (κ1) is 23.3. The predicted molar refractivity (Wildman–Crippen MR) is 99.1 cm³/mol. The fourth-order valence-electron chi connectivity index (χ4n) is 1.88. The van der Waals surface area contributed by atoms with E-state index in [0.29, 0.717) is 18.7 Å². The summed E-state index contributed by atoms with van der Waals surface area (Å²) in [5.41, 5.74) is 6.08. The number of nitrogens with zero attached hydrogens (tertiary/aromatic N) is 1. The average Bonchev–Trinajstić information content (AvgIpc) is 2.46. The van der Waals surface area contributed by atoms with Crippen LogP contribution < -0.4 is 16.4 Å². The molecule has 0 saturated heterocycles. The summed E-state index contributed by atoms with van der Waals surface area (Å²) in [6, 6.07) is 5.71. The number of nitrogens with two attached hydrogens (primary N) is 1. The third kappa shape index (κ3) is 7.82. The van der Waals surface area contributed by atoms with Gasteiger partial charge in [0.2, 0.25) is 21.8 Å². The van der Waals surface area contributed by atoms with Gasteiger partial charge in [-0.3, -0.25) is 9.59 Å². The maximum Gasteiger partial charge on any atom is 0.243 e. The maximum absolute atomic E-state index is 12.4. The van der Waals surface area contributed by atoms with Crippen LogP contribution in [0.3, 0.4) is 0 Å². The Hall–Kier alpha value is -1.68. The van der Waals surface area contributed by atoms with Gasteiger partial charge in [0.05, 0.1) is 11.4 Å². The van der Waals surface area contributed by atoms with Crippen LogP contribution in [0.2, 0.25) is 0 Å². The zero-order chi connectivity index (χ0) is 18.3. The third-order valence-corrected chi connectivity index (χ3v) is 4.99. The number of likely N-dealkylation sites (N-methyl/N-ethyl adjacent to an activating group) is 1. The number of hydrogen-bond donors (Lipinski definition) is 3. The molecule has 0 spiro atoms. The molecule has 25 heavy (non-hydrogen) atoms. The molecule has 142 valence electrons. The quantitative estimate of drug-likeness (QED) is 0.596. The van der Waals surface area contributed by atoms with Crippen LogP contribution >= 0.6 is 12.4 Å². The molecule has 0 bridgehead atoms. The van der Waals surface area contributed by atoms with Gasteiger partial charge in [0.15, 0.2) is 0 Å². The summed E-state index contributed by atoms with van der Waals surface area (Å²) < 4.78 is 25.8. The first-order chi connectivity index (χ1) is 11.1. The van der Waals surface area contributed by atoms with Crippen molar-refractivity contribution in [2.45, 2.75) is 31.2 Å². The molecule has 0 aliphatic heterocycles. The third-order valence-electron chi connectivity index (χ3n) is 3.17. The fraction of sp³-hybridized carbons (Fsp3) is 0.467. The van der Waals surface area contributed by atoms with Gasteiger partial charge in [-0.2, -0.15) is 4.31 Å². The lowest BCUT2D eigenvalue weighted by Gasteiger charge is -2.17. The lowest BCUT2D eigenvalue weighted by Crippen LogP contribution is -2.39. The molecule has 1 unspecified atom stereocenters. The Balaban J connectivity index is 0.00000576.